The fourth-order valence-corrected chi connectivity index (χ4v) is 0.459. The number of hydrogen-bond acceptors (Lipinski definition) is 5. The fraction of sp³-hybridized carbons (Fsp3) is 0.286. The number of nitrogens with two attached hydrogens (primary N) is 1. The number of hydrogen-bond donors (Lipinski definition) is 3. The Morgan fingerprint density at radius 1 is 1.54 bits per heavy atom. The highest BCUT2D eigenvalue weighted by molar-refractivity contribution is 5.60. The van der Waals surface area contributed by atoms with Gasteiger partial charge in [-0.1, -0.05) is 0 Å². The summed E-state index contributed by atoms with van der Waals surface area (Å²) in [6.07, 6.45) is 1.21. The Morgan fingerprint density at radius 2 is 2.23 bits per heavy atom. The van der Waals surface area contributed by atoms with Crippen molar-refractivity contribution in [3.63, 3.8) is 0 Å². The highest BCUT2D eigenvalue weighted by Crippen LogP contribution is 1.88. The van der Waals surface area contributed by atoms with Crippen molar-refractivity contribution in [3.05, 3.63) is 11.4 Å². The Hall–Kier alpha value is -2.05. The van der Waals surface area contributed by atoms with Gasteiger partial charge in [-0.2, -0.15) is 10.5 Å². The van der Waals surface area contributed by atoms with Crippen LogP contribution in [0.1, 0.15) is 0 Å². The number of allylic oxidation sites excluding steroid dienone is 2. The van der Waals surface area contributed by atoms with Crippen LogP contribution >= 0.6 is 0 Å². The summed E-state index contributed by atoms with van der Waals surface area (Å²) in [5.74, 6) is 0. The lowest BCUT2D eigenvalue weighted by Crippen LogP contribution is -2.15. The fourth-order valence-electron chi connectivity index (χ4n) is 0.459. The van der Waals surface area contributed by atoms with Crippen molar-refractivity contribution in [3.8, 4) is 12.1 Å². The minimum absolute atomic E-state index is 0.0517. The molecule has 0 saturated heterocycles. The lowest BCUT2D eigenvalue weighted by Gasteiger charge is -1.96. The van der Waals surface area contributed by atoms with E-state index in [0.717, 1.165) is 0 Å². The van der Waals surface area contributed by atoms with Crippen molar-refractivity contribution in [2.45, 2.75) is 0 Å². The maximum atomic E-state index is 8.47. The van der Waals surface area contributed by atoms with Crippen LogP contribution in [-0.2, 0) is 0 Å². The first-order chi connectivity index (χ1) is 6.26. The van der Waals surface area contributed by atoms with E-state index in [9.17, 15) is 0 Å². The van der Waals surface area contributed by atoms with Crippen molar-refractivity contribution < 1.29 is 5.11 Å². The number of aliphatic imine (C=N–C) groups is 1. The zero-order valence-electron chi connectivity index (χ0n) is 6.86. The second-order valence-electron chi connectivity index (χ2n) is 1.92. The van der Waals surface area contributed by atoms with Gasteiger partial charge < -0.3 is 16.2 Å². The highest BCUT2D eigenvalue weighted by Gasteiger charge is 1.97. The summed E-state index contributed by atoms with van der Waals surface area (Å²) in [6.45, 7) is 0.162. The van der Waals surface area contributed by atoms with Crippen LogP contribution in [0, 0.1) is 22.7 Å². The van der Waals surface area contributed by atoms with Crippen LogP contribution < -0.4 is 11.1 Å². The van der Waals surface area contributed by atoms with Crippen LogP contribution in [0.3, 0.4) is 0 Å². The first-order valence-electron chi connectivity index (χ1n) is 3.42. The third kappa shape index (κ3) is 4.40. The van der Waals surface area contributed by atoms with E-state index in [-0.39, 0.29) is 24.5 Å². The van der Waals surface area contributed by atoms with Gasteiger partial charge in [0.25, 0.3) is 0 Å². The molecular formula is C7H9N5O. The van der Waals surface area contributed by atoms with Gasteiger partial charge in [0.2, 0.25) is 0 Å². The SMILES string of the molecule is N#CC(N)=C(C#N)NC=NCCO. The van der Waals surface area contributed by atoms with E-state index >= 15 is 0 Å². The molecule has 0 unspecified atom stereocenters. The summed E-state index contributed by atoms with van der Waals surface area (Å²) in [5, 5.41) is 27.6. The van der Waals surface area contributed by atoms with Crippen molar-refractivity contribution in [1.82, 2.24) is 5.32 Å². The van der Waals surface area contributed by atoms with Gasteiger partial charge in [0, 0.05) is 0 Å². The van der Waals surface area contributed by atoms with E-state index in [1.807, 2.05) is 0 Å². The molecule has 0 amide bonds. The predicted molar refractivity (Wildman–Crippen MR) is 46.0 cm³/mol. The summed E-state index contributed by atoms with van der Waals surface area (Å²) >= 11 is 0. The van der Waals surface area contributed by atoms with E-state index in [0.29, 0.717) is 0 Å². The minimum Gasteiger partial charge on any atom is -0.394 e. The smallest absolute Gasteiger partial charge is 0.152 e. The summed E-state index contributed by atoms with van der Waals surface area (Å²) in [5.41, 5.74) is 4.92. The average Bonchev–Trinajstić information content (AvgIpc) is 2.17. The Bertz CT molecular complexity index is 293. The molecule has 0 rings (SSSR count). The van der Waals surface area contributed by atoms with Crippen molar-refractivity contribution >= 4 is 6.34 Å². The molecular weight excluding hydrogens is 170 g/mol. The molecule has 0 aliphatic carbocycles. The molecule has 0 aliphatic rings. The Balaban J connectivity index is 4.20. The normalized spacial score (nSPS) is 11.6. The van der Waals surface area contributed by atoms with Gasteiger partial charge in [0.1, 0.15) is 17.8 Å². The summed E-state index contributed by atoms with van der Waals surface area (Å²) < 4.78 is 0. The molecule has 0 atom stereocenters. The number of nitrogens with one attached hydrogen (secondary N) is 1. The van der Waals surface area contributed by atoms with Crippen LogP contribution in [0.15, 0.2) is 16.4 Å². The van der Waals surface area contributed by atoms with Gasteiger partial charge in [-0.15, -0.1) is 0 Å². The van der Waals surface area contributed by atoms with Crippen LogP contribution in [0.5, 0.6) is 0 Å². The Morgan fingerprint density at radius 3 is 2.69 bits per heavy atom. The van der Waals surface area contributed by atoms with Crippen LogP contribution in [0.25, 0.3) is 0 Å². The molecule has 0 saturated carbocycles. The molecule has 0 radical (unpaired) electrons. The van der Waals surface area contributed by atoms with Crippen molar-refractivity contribution in [1.29, 1.82) is 10.5 Å². The standard InChI is InChI=1S/C7H9N5O/c8-3-6(10)7(4-9)12-5-11-1-2-13/h5,13H,1-2,10H2,(H,11,12). The number of aliphatic hydroxyl groups is 1. The van der Waals surface area contributed by atoms with Crippen LogP contribution in [0.2, 0.25) is 0 Å². The number of rotatable bonds is 4. The minimum atomic E-state index is -0.196. The largest absolute Gasteiger partial charge is 0.394 e. The molecule has 0 aromatic rings. The second-order valence-corrected chi connectivity index (χ2v) is 1.92. The average molecular weight is 179 g/mol. The van der Waals surface area contributed by atoms with Gasteiger partial charge in [0.05, 0.1) is 19.5 Å². The zero-order chi connectivity index (χ0) is 10.1. The van der Waals surface area contributed by atoms with E-state index in [2.05, 4.69) is 10.3 Å². The number of nitrogens with zero attached hydrogens (tertiary/aromatic N) is 3. The van der Waals surface area contributed by atoms with E-state index in [1.165, 1.54) is 6.34 Å². The topological polar surface area (TPSA) is 118 Å². The molecule has 6 heteroatoms. The number of aliphatic hydroxyl groups excluding tert-OH is 1. The molecule has 0 fully saturated rings. The quantitative estimate of drug-likeness (QED) is 0.285. The highest BCUT2D eigenvalue weighted by atomic mass is 16.3. The molecule has 4 N–H and O–H groups in total. The predicted octanol–water partition coefficient (Wildman–Crippen LogP) is -1.19. The maximum absolute atomic E-state index is 8.47. The molecule has 0 aromatic heterocycles. The summed E-state index contributed by atoms with van der Waals surface area (Å²) in [7, 11) is 0. The molecule has 68 valence electrons. The summed E-state index contributed by atoms with van der Waals surface area (Å²) in [6, 6.07) is 3.32. The van der Waals surface area contributed by atoms with Gasteiger partial charge in [-0.3, -0.25) is 4.99 Å². The van der Waals surface area contributed by atoms with Gasteiger partial charge in [-0.05, 0) is 0 Å². The molecule has 0 aromatic carbocycles. The van der Waals surface area contributed by atoms with Crippen molar-refractivity contribution in [2.75, 3.05) is 13.2 Å². The first kappa shape index (κ1) is 11.0. The monoisotopic (exact) mass is 179 g/mol. The van der Waals surface area contributed by atoms with E-state index in [1.54, 1.807) is 12.1 Å². The molecule has 0 spiro atoms. The third-order valence-corrected chi connectivity index (χ3v) is 1.03. The maximum Gasteiger partial charge on any atom is 0.152 e. The summed E-state index contributed by atoms with van der Waals surface area (Å²) in [4.78, 5) is 3.66. The van der Waals surface area contributed by atoms with Crippen LogP contribution in [-0.4, -0.2) is 24.6 Å². The Labute approximate surface area is 75.6 Å². The van der Waals surface area contributed by atoms with Crippen molar-refractivity contribution in [2.24, 2.45) is 10.7 Å². The lowest BCUT2D eigenvalue weighted by molar-refractivity contribution is 0.307. The second kappa shape index (κ2) is 6.65. The lowest BCUT2D eigenvalue weighted by atomic mass is 10.4. The molecule has 6 nitrogen and oxygen atoms in total. The third-order valence-electron chi connectivity index (χ3n) is 1.03. The van der Waals surface area contributed by atoms with Gasteiger partial charge >= 0.3 is 0 Å². The van der Waals surface area contributed by atoms with Crippen LogP contribution in [0.4, 0.5) is 0 Å². The Kier molecular flexibility index (Phi) is 5.60. The van der Waals surface area contributed by atoms with Gasteiger partial charge in [0.15, 0.2) is 5.70 Å². The zero-order valence-corrected chi connectivity index (χ0v) is 6.86. The molecule has 13 heavy (non-hydrogen) atoms. The number of nitriles is 2. The van der Waals surface area contributed by atoms with E-state index < -0.39 is 0 Å². The first-order valence-corrected chi connectivity index (χ1v) is 3.42. The van der Waals surface area contributed by atoms with Gasteiger partial charge in [-0.25, -0.2) is 0 Å². The van der Waals surface area contributed by atoms with E-state index in [4.69, 9.17) is 21.4 Å². The molecule has 0 aliphatic heterocycles. The molecule has 0 bridgehead atoms. The molecule has 0 heterocycles.